The van der Waals surface area contributed by atoms with Gasteiger partial charge >= 0.3 is 12.2 Å². The lowest BCUT2D eigenvalue weighted by atomic mass is 10.5. The highest BCUT2D eigenvalue weighted by Gasteiger charge is 2.15. The van der Waals surface area contributed by atoms with Gasteiger partial charge in [-0.05, 0) is 6.92 Å². The van der Waals surface area contributed by atoms with Crippen molar-refractivity contribution in [2.45, 2.75) is 20.0 Å². The summed E-state index contributed by atoms with van der Waals surface area (Å²) in [7, 11) is 0. The number of alkyl halides is 2. The number of anilines is 1. The Morgan fingerprint density at radius 3 is 2.50 bits per heavy atom. The van der Waals surface area contributed by atoms with Crippen LogP contribution in [0, 0.1) is 0 Å². The standard InChI is InChI=1S/C7H9F2N3O2/c1-2-11-3-4(10)5(13)12(6(8)9)7(11)14/h3,6H,2,10H2,1H3. The van der Waals surface area contributed by atoms with E-state index in [0.717, 1.165) is 10.8 Å². The number of aryl methyl sites for hydroxylation is 1. The molecule has 0 saturated heterocycles. The van der Waals surface area contributed by atoms with Crippen LogP contribution >= 0.6 is 0 Å². The van der Waals surface area contributed by atoms with Crippen molar-refractivity contribution in [3.63, 3.8) is 0 Å². The Balaban J connectivity index is 3.62. The fourth-order valence-electron chi connectivity index (χ4n) is 1.04. The van der Waals surface area contributed by atoms with Gasteiger partial charge in [0.1, 0.15) is 5.69 Å². The van der Waals surface area contributed by atoms with Crippen molar-refractivity contribution in [2.24, 2.45) is 0 Å². The molecule has 7 heteroatoms. The van der Waals surface area contributed by atoms with Crippen molar-refractivity contribution in [3.05, 3.63) is 27.0 Å². The summed E-state index contributed by atoms with van der Waals surface area (Å²) in [6.07, 6.45) is 1.06. The number of rotatable bonds is 2. The SMILES string of the molecule is CCn1cc(N)c(=O)n(C(F)F)c1=O. The Morgan fingerprint density at radius 2 is 2.07 bits per heavy atom. The first-order chi connectivity index (χ1) is 6.49. The number of nitrogen functional groups attached to an aromatic ring is 1. The minimum absolute atomic E-state index is 0.168. The molecule has 1 rings (SSSR count). The van der Waals surface area contributed by atoms with Crippen molar-refractivity contribution >= 4 is 5.69 Å². The van der Waals surface area contributed by atoms with Crippen LogP contribution in [0.15, 0.2) is 15.8 Å². The smallest absolute Gasteiger partial charge is 0.335 e. The van der Waals surface area contributed by atoms with Crippen LogP contribution in [-0.4, -0.2) is 9.13 Å². The van der Waals surface area contributed by atoms with E-state index in [0.29, 0.717) is 0 Å². The van der Waals surface area contributed by atoms with Crippen LogP contribution in [0.4, 0.5) is 14.5 Å². The zero-order chi connectivity index (χ0) is 10.9. The molecule has 5 nitrogen and oxygen atoms in total. The summed E-state index contributed by atoms with van der Waals surface area (Å²) in [5.74, 6) is 0. The maximum Gasteiger partial charge on any atom is 0.335 e. The van der Waals surface area contributed by atoms with Gasteiger partial charge in [-0.25, -0.2) is 4.79 Å². The van der Waals surface area contributed by atoms with Gasteiger partial charge in [-0.2, -0.15) is 13.3 Å². The molecule has 0 unspecified atom stereocenters. The van der Waals surface area contributed by atoms with E-state index in [1.54, 1.807) is 6.92 Å². The van der Waals surface area contributed by atoms with E-state index in [2.05, 4.69) is 0 Å². The molecule has 0 fully saturated rings. The summed E-state index contributed by atoms with van der Waals surface area (Å²) in [5.41, 5.74) is 2.60. The minimum atomic E-state index is -3.17. The van der Waals surface area contributed by atoms with Gasteiger partial charge < -0.3 is 5.73 Å². The van der Waals surface area contributed by atoms with E-state index < -0.39 is 17.8 Å². The third kappa shape index (κ3) is 1.52. The lowest BCUT2D eigenvalue weighted by molar-refractivity contribution is 0.0600. The highest BCUT2D eigenvalue weighted by atomic mass is 19.3. The monoisotopic (exact) mass is 205 g/mol. The van der Waals surface area contributed by atoms with Gasteiger partial charge in [0.05, 0.1) is 0 Å². The molecule has 1 aromatic heterocycles. The predicted octanol–water partition coefficient (Wildman–Crippen LogP) is 0.00720. The Bertz CT molecular complexity index is 449. The van der Waals surface area contributed by atoms with Crippen LogP contribution in [-0.2, 0) is 6.54 Å². The van der Waals surface area contributed by atoms with E-state index in [-0.39, 0.29) is 16.8 Å². The zero-order valence-electron chi connectivity index (χ0n) is 7.41. The number of aromatic nitrogens is 2. The summed E-state index contributed by atoms with van der Waals surface area (Å²) < 4.78 is 25.3. The molecule has 0 amide bonds. The van der Waals surface area contributed by atoms with Gasteiger partial charge in [-0.15, -0.1) is 0 Å². The normalized spacial score (nSPS) is 10.9. The minimum Gasteiger partial charge on any atom is -0.393 e. The summed E-state index contributed by atoms with van der Waals surface area (Å²) in [4.78, 5) is 22.2. The summed E-state index contributed by atoms with van der Waals surface area (Å²) in [5, 5.41) is 0. The van der Waals surface area contributed by atoms with Crippen LogP contribution < -0.4 is 17.0 Å². The Kier molecular flexibility index (Phi) is 2.68. The van der Waals surface area contributed by atoms with Gasteiger partial charge in [-0.3, -0.25) is 9.36 Å². The van der Waals surface area contributed by atoms with E-state index in [4.69, 9.17) is 5.73 Å². The third-order valence-electron chi connectivity index (χ3n) is 1.75. The molecule has 1 heterocycles. The van der Waals surface area contributed by atoms with Gasteiger partial charge in [0.25, 0.3) is 5.56 Å². The molecule has 78 valence electrons. The Labute approximate surface area is 77.4 Å². The molecule has 0 bridgehead atoms. The molecule has 0 aliphatic heterocycles. The second-order valence-electron chi connectivity index (χ2n) is 2.61. The topological polar surface area (TPSA) is 70.0 Å². The third-order valence-corrected chi connectivity index (χ3v) is 1.75. The molecule has 2 N–H and O–H groups in total. The van der Waals surface area contributed by atoms with Crippen LogP contribution in [0.5, 0.6) is 0 Å². The van der Waals surface area contributed by atoms with Gasteiger partial charge in [0, 0.05) is 12.7 Å². The molecule has 14 heavy (non-hydrogen) atoms. The molecule has 0 spiro atoms. The average Bonchev–Trinajstić information content (AvgIpc) is 2.11. The molecule has 0 atom stereocenters. The first kappa shape index (κ1) is 10.4. The number of halogens is 2. The second-order valence-corrected chi connectivity index (χ2v) is 2.61. The fourth-order valence-corrected chi connectivity index (χ4v) is 1.04. The molecule has 0 saturated carbocycles. The number of nitrogens with zero attached hydrogens (tertiary/aromatic N) is 2. The summed E-state index contributed by atoms with van der Waals surface area (Å²) in [6, 6.07) is 0. The van der Waals surface area contributed by atoms with Gasteiger partial charge in [0.15, 0.2) is 0 Å². The summed E-state index contributed by atoms with van der Waals surface area (Å²) >= 11 is 0. The number of nitrogens with two attached hydrogens (primary N) is 1. The van der Waals surface area contributed by atoms with Crippen molar-refractivity contribution < 1.29 is 8.78 Å². The summed E-state index contributed by atoms with van der Waals surface area (Å²) in [6.45, 7) is -1.41. The first-order valence-electron chi connectivity index (χ1n) is 3.88. The Morgan fingerprint density at radius 1 is 1.50 bits per heavy atom. The molecule has 1 aromatic rings. The lowest BCUT2D eigenvalue weighted by Gasteiger charge is -2.08. The van der Waals surface area contributed by atoms with Gasteiger partial charge in [-0.1, -0.05) is 0 Å². The van der Waals surface area contributed by atoms with Crippen molar-refractivity contribution in [1.29, 1.82) is 0 Å². The first-order valence-corrected chi connectivity index (χ1v) is 3.88. The fraction of sp³-hybridized carbons (Fsp3) is 0.429. The van der Waals surface area contributed by atoms with Crippen LogP contribution in [0.3, 0.4) is 0 Å². The van der Waals surface area contributed by atoms with Gasteiger partial charge in [0.2, 0.25) is 0 Å². The maximum absolute atomic E-state index is 12.3. The number of hydrogen-bond donors (Lipinski definition) is 1. The quantitative estimate of drug-likeness (QED) is 0.739. The van der Waals surface area contributed by atoms with E-state index in [1.165, 1.54) is 0 Å². The molecule has 0 aromatic carbocycles. The van der Waals surface area contributed by atoms with E-state index in [9.17, 15) is 18.4 Å². The molecule has 0 aliphatic rings. The Hall–Kier alpha value is -1.66. The van der Waals surface area contributed by atoms with E-state index in [1.807, 2.05) is 0 Å². The van der Waals surface area contributed by atoms with E-state index >= 15 is 0 Å². The highest BCUT2D eigenvalue weighted by Crippen LogP contribution is 2.03. The predicted molar refractivity (Wildman–Crippen MR) is 46.3 cm³/mol. The second kappa shape index (κ2) is 3.60. The van der Waals surface area contributed by atoms with Crippen molar-refractivity contribution in [3.8, 4) is 0 Å². The lowest BCUT2D eigenvalue weighted by Crippen LogP contribution is -2.40. The van der Waals surface area contributed by atoms with Crippen molar-refractivity contribution in [1.82, 2.24) is 9.13 Å². The molecule has 0 radical (unpaired) electrons. The molecular formula is C7H9F2N3O2. The van der Waals surface area contributed by atoms with Crippen molar-refractivity contribution in [2.75, 3.05) is 5.73 Å². The largest absolute Gasteiger partial charge is 0.393 e. The van der Waals surface area contributed by atoms with Crippen LogP contribution in [0.1, 0.15) is 13.5 Å². The molecular weight excluding hydrogens is 196 g/mol. The van der Waals surface area contributed by atoms with Crippen LogP contribution in [0.25, 0.3) is 0 Å². The highest BCUT2D eigenvalue weighted by molar-refractivity contribution is 5.30. The average molecular weight is 205 g/mol. The van der Waals surface area contributed by atoms with Crippen LogP contribution in [0.2, 0.25) is 0 Å². The zero-order valence-corrected chi connectivity index (χ0v) is 7.41. The number of hydrogen-bond acceptors (Lipinski definition) is 3. The molecule has 0 aliphatic carbocycles. The maximum atomic E-state index is 12.3.